The van der Waals surface area contributed by atoms with Crippen LogP contribution in [0.2, 0.25) is 0 Å². The van der Waals surface area contributed by atoms with Gasteiger partial charge < -0.3 is 5.73 Å². The van der Waals surface area contributed by atoms with Gasteiger partial charge in [-0.3, -0.25) is 4.79 Å². The number of hydrogen-bond donors (Lipinski definition) is 1. The molecule has 1 atom stereocenters. The minimum absolute atomic E-state index is 0.195. The van der Waals surface area contributed by atoms with Crippen LogP contribution in [0.25, 0.3) is 0 Å². The monoisotopic (exact) mass is 199 g/mol. The van der Waals surface area contributed by atoms with Gasteiger partial charge in [-0.15, -0.1) is 0 Å². The van der Waals surface area contributed by atoms with Gasteiger partial charge in [0.05, 0.1) is 5.54 Å². The first-order chi connectivity index (χ1) is 6.41. The molecule has 14 heavy (non-hydrogen) atoms. The zero-order valence-corrected chi connectivity index (χ0v) is 10.1. The summed E-state index contributed by atoms with van der Waals surface area (Å²) >= 11 is 0. The second-order valence-corrected chi connectivity index (χ2v) is 4.77. The molecule has 0 heterocycles. The molecule has 0 aromatic heterocycles. The number of nitrogens with two attached hydrogens (primary N) is 1. The van der Waals surface area contributed by atoms with E-state index in [1.54, 1.807) is 13.8 Å². The summed E-state index contributed by atoms with van der Waals surface area (Å²) in [4.78, 5) is 11.7. The Kier molecular flexibility index (Phi) is 6.01. The van der Waals surface area contributed by atoms with Gasteiger partial charge in [-0.1, -0.05) is 39.5 Å². The van der Waals surface area contributed by atoms with E-state index in [1.807, 2.05) is 0 Å². The molecule has 0 aliphatic heterocycles. The van der Waals surface area contributed by atoms with E-state index in [-0.39, 0.29) is 5.78 Å². The Labute approximate surface area is 88.3 Å². The van der Waals surface area contributed by atoms with Gasteiger partial charge in [-0.25, -0.2) is 0 Å². The maximum atomic E-state index is 11.7. The normalized spacial score (nSPS) is 14.1. The van der Waals surface area contributed by atoms with Crippen LogP contribution in [0.3, 0.4) is 0 Å². The van der Waals surface area contributed by atoms with Crippen LogP contribution >= 0.6 is 0 Å². The van der Waals surface area contributed by atoms with Crippen molar-refractivity contribution in [2.45, 2.75) is 65.3 Å². The molecule has 0 aromatic rings. The average Bonchev–Trinajstić information content (AvgIpc) is 2.10. The second-order valence-electron chi connectivity index (χ2n) is 4.77. The third-order valence-corrected chi connectivity index (χ3v) is 2.74. The maximum absolute atomic E-state index is 11.7. The Morgan fingerprint density at radius 1 is 1.36 bits per heavy atom. The Morgan fingerprint density at radius 2 is 1.93 bits per heavy atom. The van der Waals surface area contributed by atoms with Crippen molar-refractivity contribution in [2.75, 3.05) is 0 Å². The van der Waals surface area contributed by atoms with E-state index in [9.17, 15) is 4.79 Å². The zero-order valence-electron chi connectivity index (χ0n) is 10.1. The highest BCUT2D eigenvalue weighted by molar-refractivity contribution is 5.87. The Hall–Kier alpha value is -0.370. The molecule has 0 aliphatic carbocycles. The molecule has 0 saturated heterocycles. The summed E-state index contributed by atoms with van der Waals surface area (Å²) in [7, 11) is 0. The van der Waals surface area contributed by atoms with E-state index in [0.29, 0.717) is 12.3 Å². The van der Waals surface area contributed by atoms with E-state index in [4.69, 9.17) is 5.73 Å². The van der Waals surface area contributed by atoms with Crippen LogP contribution in [0.1, 0.15) is 59.8 Å². The molecule has 0 spiro atoms. The Morgan fingerprint density at radius 3 is 2.29 bits per heavy atom. The Balaban J connectivity index is 3.99. The fourth-order valence-corrected chi connectivity index (χ4v) is 1.47. The standard InChI is InChI=1S/C12H25NO/c1-5-7-8-10(6-2)9-11(14)12(3,4)13/h10H,5-9,13H2,1-4H3. The summed E-state index contributed by atoms with van der Waals surface area (Å²) in [6, 6.07) is 0. The minimum Gasteiger partial charge on any atom is -0.319 e. The number of carbonyl (C=O) groups is 1. The van der Waals surface area contributed by atoms with Gasteiger partial charge in [0.25, 0.3) is 0 Å². The lowest BCUT2D eigenvalue weighted by atomic mass is 9.87. The summed E-state index contributed by atoms with van der Waals surface area (Å²) in [5, 5.41) is 0. The summed E-state index contributed by atoms with van der Waals surface area (Å²) in [5.74, 6) is 0.728. The molecule has 0 aliphatic rings. The van der Waals surface area contributed by atoms with Gasteiger partial charge in [0.15, 0.2) is 5.78 Å². The molecule has 0 aromatic carbocycles. The third-order valence-electron chi connectivity index (χ3n) is 2.74. The van der Waals surface area contributed by atoms with Gasteiger partial charge in [0, 0.05) is 6.42 Å². The molecule has 0 saturated carbocycles. The van der Waals surface area contributed by atoms with Crippen molar-refractivity contribution in [3.63, 3.8) is 0 Å². The fourth-order valence-electron chi connectivity index (χ4n) is 1.47. The van der Waals surface area contributed by atoms with E-state index in [0.717, 1.165) is 12.8 Å². The fraction of sp³-hybridized carbons (Fsp3) is 0.917. The van der Waals surface area contributed by atoms with Crippen LogP contribution in [0.5, 0.6) is 0 Å². The summed E-state index contributed by atoms with van der Waals surface area (Å²) in [6.07, 6.45) is 5.32. The van der Waals surface area contributed by atoms with Gasteiger partial charge in [-0.2, -0.15) is 0 Å². The molecule has 0 amide bonds. The van der Waals surface area contributed by atoms with Gasteiger partial charge in [0.2, 0.25) is 0 Å². The van der Waals surface area contributed by atoms with Crippen molar-refractivity contribution in [1.82, 2.24) is 0 Å². The summed E-state index contributed by atoms with van der Waals surface area (Å²) in [6.45, 7) is 7.92. The molecule has 84 valence electrons. The molecular weight excluding hydrogens is 174 g/mol. The van der Waals surface area contributed by atoms with Crippen LogP contribution in [-0.4, -0.2) is 11.3 Å². The molecule has 0 radical (unpaired) electrons. The second kappa shape index (κ2) is 6.18. The minimum atomic E-state index is -0.653. The lowest BCUT2D eigenvalue weighted by molar-refractivity contribution is -0.124. The molecular formula is C12H25NO. The van der Waals surface area contributed by atoms with E-state index < -0.39 is 5.54 Å². The number of ketones is 1. The summed E-state index contributed by atoms with van der Waals surface area (Å²) in [5.41, 5.74) is 5.11. The number of unbranched alkanes of at least 4 members (excludes halogenated alkanes) is 1. The highest BCUT2D eigenvalue weighted by Crippen LogP contribution is 2.19. The van der Waals surface area contributed by atoms with Gasteiger partial charge >= 0.3 is 0 Å². The molecule has 2 heteroatoms. The molecule has 2 nitrogen and oxygen atoms in total. The van der Waals surface area contributed by atoms with Gasteiger partial charge in [0.1, 0.15) is 0 Å². The Bertz CT molecular complexity index is 170. The van der Waals surface area contributed by atoms with Crippen molar-refractivity contribution in [1.29, 1.82) is 0 Å². The van der Waals surface area contributed by atoms with Crippen molar-refractivity contribution >= 4 is 5.78 Å². The topological polar surface area (TPSA) is 43.1 Å². The third kappa shape index (κ3) is 5.38. The highest BCUT2D eigenvalue weighted by Gasteiger charge is 2.23. The molecule has 0 rings (SSSR count). The van der Waals surface area contributed by atoms with Crippen LogP contribution in [0, 0.1) is 5.92 Å². The molecule has 0 bridgehead atoms. The van der Waals surface area contributed by atoms with Crippen LogP contribution in [0.4, 0.5) is 0 Å². The van der Waals surface area contributed by atoms with Crippen LogP contribution < -0.4 is 5.73 Å². The first-order valence-electron chi connectivity index (χ1n) is 5.74. The predicted molar refractivity (Wildman–Crippen MR) is 61.2 cm³/mol. The predicted octanol–water partition coefficient (Wildman–Crippen LogP) is 2.90. The SMILES string of the molecule is CCCCC(CC)CC(=O)C(C)(C)N. The maximum Gasteiger partial charge on any atom is 0.152 e. The first kappa shape index (κ1) is 13.6. The lowest BCUT2D eigenvalue weighted by Gasteiger charge is -2.21. The number of carbonyl (C=O) groups excluding carboxylic acids is 1. The number of Topliss-reactive ketones (excluding diaryl/α,β-unsaturated/α-hetero) is 1. The van der Waals surface area contributed by atoms with Crippen molar-refractivity contribution < 1.29 is 4.79 Å². The number of rotatable bonds is 7. The van der Waals surface area contributed by atoms with Gasteiger partial charge in [-0.05, 0) is 19.8 Å². The summed E-state index contributed by atoms with van der Waals surface area (Å²) < 4.78 is 0. The average molecular weight is 199 g/mol. The molecule has 2 N–H and O–H groups in total. The van der Waals surface area contributed by atoms with Crippen LogP contribution in [0.15, 0.2) is 0 Å². The quantitative estimate of drug-likeness (QED) is 0.685. The largest absolute Gasteiger partial charge is 0.319 e. The first-order valence-corrected chi connectivity index (χ1v) is 5.74. The van der Waals surface area contributed by atoms with Crippen molar-refractivity contribution in [3.8, 4) is 0 Å². The smallest absolute Gasteiger partial charge is 0.152 e. The highest BCUT2D eigenvalue weighted by atomic mass is 16.1. The van der Waals surface area contributed by atoms with E-state index in [2.05, 4.69) is 13.8 Å². The lowest BCUT2D eigenvalue weighted by Crippen LogP contribution is -2.42. The molecule has 0 fully saturated rings. The molecule has 1 unspecified atom stereocenters. The van der Waals surface area contributed by atoms with E-state index >= 15 is 0 Å². The van der Waals surface area contributed by atoms with Crippen molar-refractivity contribution in [2.24, 2.45) is 11.7 Å². The van der Waals surface area contributed by atoms with E-state index in [1.165, 1.54) is 12.8 Å². The van der Waals surface area contributed by atoms with Crippen molar-refractivity contribution in [3.05, 3.63) is 0 Å². The number of hydrogen-bond acceptors (Lipinski definition) is 2. The van der Waals surface area contributed by atoms with Crippen LogP contribution in [-0.2, 0) is 4.79 Å². The zero-order chi connectivity index (χ0) is 11.2.